The minimum absolute atomic E-state index is 0.0551. The Kier molecular flexibility index (Phi) is 4.64. The molecule has 0 radical (unpaired) electrons. The maximum atomic E-state index is 12.8. The first-order valence-corrected chi connectivity index (χ1v) is 7.99. The van der Waals surface area contributed by atoms with Gasteiger partial charge in [0.05, 0.1) is 18.5 Å². The Bertz CT molecular complexity index is 934. The van der Waals surface area contributed by atoms with Gasteiger partial charge in [-0.3, -0.25) is 4.79 Å². The van der Waals surface area contributed by atoms with Crippen molar-refractivity contribution in [3.63, 3.8) is 0 Å². The predicted octanol–water partition coefficient (Wildman–Crippen LogP) is 3.31. The zero-order chi connectivity index (χ0) is 18.9. The topological polar surface area (TPSA) is 81.9 Å². The number of carbonyl (C=O) groups excluding carboxylic acids is 1. The Morgan fingerprint density at radius 1 is 1.27 bits per heavy atom. The SMILES string of the molecule is COc1cc(C(F)(F)F)nn1-c1ccc(NC(=O)c2snnc2C)cc1. The molecule has 0 aliphatic heterocycles. The van der Waals surface area contributed by atoms with Crippen LogP contribution in [0.2, 0.25) is 0 Å². The standard InChI is InChI=1S/C15H12F3N5O2S/c1-8-13(26-22-20-8)14(24)19-9-3-5-10(6-4-9)23-12(25-2)7-11(21-23)15(16,17)18/h3-7H,1-2H3,(H,19,24). The summed E-state index contributed by atoms with van der Waals surface area (Å²) >= 11 is 0.977. The zero-order valence-corrected chi connectivity index (χ0v) is 14.4. The molecule has 11 heteroatoms. The van der Waals surface area contributed by atoms with Crippen LogP contribution < -0.4 is 10.1 Å². The van der Waals surface area contributed by atoms with Crippen molar-refractivity contribution in [2.75, 3.05) is 12.4 Å². The smallest absolute Gasteiger partial charge is 0.435 e. The van der Waals surface area contributed by atoms with Crippen molar-refractivity contribution in [1.82, 2.24) is 19.4 Å². The second-order valence-electron chi connectivity index (χ2n) is 5.17. The molecule has 1 amide bonds. The van der Waals surface area contributed by atoms with Gasteiger partial charge in [0, 0.05) is 11.8 Å². The minimum atomic E-state index is -4.58. The quantitative estimate of drug-likeness (QED) is 0.748. The predicted molar refractivity (Wildman–Crippen MR) is 87.7 cm³/mol. The molecule has 0 aliphatic rings. The van der Waals surface area contributed by atoms with Crippen LogP contribution in [0.3, 0.4) is 0 Å². The van der Waals surface area contributed by atoms with Crippen molar-refractivity contribution < 1.29 is 22.7 Å². The molecule has 0 atom stereocenters. The highest BCUT2D eigenvalue weighted by atomic mass is 32.1. The van der Waals surface area contributed by atoms with Crippen LogP contribution in [-0.4, -0.2) is 32.4 Å². The average molecular weight is 383 g/mol. The van der Waals surface area contributed by atoms with E-state index in [-0.39, 0.29) is 11.8 Å². The van der Waals surface area contributed by atoms with E-state index in [2.05, 4.69) is 20.0 Å². The minimum Gasteiger partial charge on any atom is -0.481 e. The number of amides is 1. The summed E-state index contributed by atoms with van der Waals surface area (Å²) in [5.41, 5.74) is 0.282. The van der Waals surface area contributed by atoms with Crippen LogP contribution in [0.1, 0.15) is 21.1 Å². The van der Waals surface area contributed by atoms with Crippen molar-refractivity contribution in [3.8, 4) is 11.6 Å². The largest absolute Gasteiger partial charge is 0.481 e. The highest BCUT2D eigenvalue weighted by Gasteiger charge is 2.35. The van der Waals surface area contributed by atoms with Gasteiger partial charge in [-0.15, -0.1) is 5.10 Å². The van der Waals surface area contributed by atoms with Crippen molar-refractivity contribution in [2.24, 2.45) is 0 Å². The molecule has 136 valence electrons. The molecule has 0 spiro atoms. The van der Waals surface area contributed by atoms with Crippen LogP contribution in [0.15, 0.2) is 30.3 Å². The zero-order valence-electron chi connectivity index (χ0n) is 13.5. The van der Waals surface area contributed by atoms with E-state index >= 15 is 0 Å². The number of aromatic nitrogens is 4. The molecule has 2 heterocycles. The van der Waals surface area contributed by atoms with Gasteiger partial charge in [-0.05, 0) is 42.7 Å². The molecule has 3 rings (SSSR count). The Labute approximate surface area is 149 Å². The summed E-state index contributed by atoms with van der Waals surface area (Å²) in [7, 11) is 1.26. The fraction of sp³-hybridized carbons (Fsp3) is 0.200. The van der Waals surface area contributed by atoms with E-state index in [9.17, 15) is 18.0 Å². The third kappa shape index (κ3) is 3.52. The molecule has 0 unspecified atom stereocenters. The van der Waals surface area contributed by atoms with Gasteiger partial charge in [-0.2, -0.15) is 18.3 Å². The lowest BCUT2D eigenvalue weighted by Gasteiger charge is -2.08. The monoisotopic (exact) mass is 383 g/mol. The van der Waals surface area contributed by atoms with E-state index in [1.807, 2.05) is 0 Å². The molecule has 0 saturated heterocycles. The number of benzene rings is 1. The second-order valence-corrected chi connectivity index (χ2v) is 5.92. The maximum Gasteiger partial charge on any atom is 0.435 e. The van der Waals surface area contributed by atoms with E-state index in [0.717, 1.165) is 22.3 Å². The highest BCUT2D eigenvalue weighted by molar-refractivity contribution is 7.08. The summed E-state index contributed by atoms with van der Waals surface area (Å²) < 4.78 is 48.1. The van der Waals surface area contributed by atoms with Crippen LogP contribution >= 0.6 is 11.5 Å². The normalized spacial score (nSPS) is 11.4. The molecule has 0 aliphatic carbocycles. The number of carbonyl (C=O) groups is 1. The van der Waals surface area contributed by atoms with Crippen LogP contribution in [0.4, 0.5) is 18.9 Å². The number of aryl methyl sites for hydroxylation is 1. The van der Waals surface area contributed by atoms with E-state index in [1.54, 1.807) is 19.1 Å². The molecular weight excluding hydrogens is 371 g/mol. The lowest BCUT2D eigenvalue weighted by atomic mass is 10.2. The summed E-state index contributed by atoms with van der Waals surface area (Å²) in [6, 6.07) is 6.94. The van der Waals surface area contributed by atoms with Crippen LogP contribution in [0.5, 0.6) is 5.88 Å². The molecule has 3 aromatic rings. The molecule has 7 nitrogen and oxygen atoms in total. The fourth-order valence-electron chi connectivity index (χ4n) is 2.15. The molecule has 0 fully saturated rings. The maximum absolute atomic E-state index is 12.8. The first-order chi connectivity index (χ1) is 12.3. The van der Waals surface area contributed by atoms with Crippen molar-refractivity contribution in [2.45, 2.75) is 13.1 Å². The molecule has 0 bridgehead atoms. The second kappa shape index (κ2) is 6.75. The van der Waals surface area contributed by atoms with E-state index in [0.29, 0.717) is 21.9 Å². The van der Waals surface area contributed by atoms with E-state index in [4.69, 9.17) is 4.74 Å². The summed E-state index contributed by atoms with van der Waals surface area (Å²) in [6.45, 7) is 1.67. The summed E-state index contributed by atoms with van der Waals surface area (Å²) in [5, 5.41) is 9.97. The molecular formula is C15H12F3N5O2S. The number of methoxy groups -OCH3 is 1. The Hall–Kier alpha value is -2.95. The Balaban J connectivity index is 1.83. The number of ether oxygens (including phenoxy) is 1. The van der Waals surface area contributed by atoms with Gasteiger partial charge in [0.2, 0.25) is 5.88 Å². The number of hydrogen-bond acceptors (Lipinski definition) is 6. The summed E-state index contributed by atoms with van der Waals surface area (Å²) in [4.78, 5) is 12.5. The number of nitrogens with zero attached hydrogens (tertiary/aromatic N) is 4. The van der Waals surface area contributed by atoms with Gasteiger partial charge in [0.15, 0.2) is 5.69 Å². The van der Waals surface area contributed by atoms with Gasteiger partial charge in [0.25, 0.3) is 5.91 Å². The molecule has 2 aromatic heterocycles. The number of hydrogen-bond donors (Lipinski definition) is 1. The van der Waals surface area contributed by atoms with Gasteiger partial charge < -0.3 is 10.1 Å². The summed E-state index contributed by atoms with van der Waals surface area (Å²) in [6.07, 6.45) is -4.58. The lowest BCUT2D eigenvalue weighted by Crippen LogP contribution is -2.11. The van der Waals surface area contributed by atoms with Crippen molar-refractivity contribution in [3.05, 3.63) is 46.6 Å². The number of rotatable bonds is 4. The van der Waals surface area contributed by atoms with Gasteiger partial charge in [-0.25, -0.2) is 4.68 Å². The van der Waals surface area contributed by atoms with Gasteiger partial charge >= 0.3 is 6.18 Å². The molecule has 0 saturated carbocycles. The number of anilines is 1. The number of halogens is 3. The summed E-state index contributed by atoms with van der Waals surface area (Å²) in [5.74, 6) is -0.415. The number of nitrogens with one attached hydrogen (secondary N) is 1. The number of alkyl halides is 3. The average Bonchev–Trinajstić information content (AvgIpc) is 3.21. The van der Waals surface area contributed by atoms with Crippen LogP contribution in [-0.2, 0) is 6.18 Å². The molecule has 1 aromatic carbocycles. The van der Waals surface area contributed by atoms with Gasteiger partial charge in [0.1, 0.15) is 4.88 Å². The van der Waals surface area contributed by atoms with Gasteiger partial charge in [-0.1, -0.05) is 4.49 Å². The Morgan fingerprint density at radius 2 is 1.96 bits per heavy atom. The first-order valence-electron chi connectivity index (χ1n) is 7.21. The Morgan fingerprint density at radius 3 is 2.50 bits per heavy atom. The van der Waals surface area contributed by atoms with Crippen molar-refractivity contribution >= 4 is 23.1 Å². The van der Waals surface area contributed by atoms with Crippen LogP contribution in [0, 0.1) is 6.92 Å². The highest BCUT2D eigenvalue weighted by Crippen LogP contribution is 2.32. The molecule has 1 N–H and O–H groups in total. The van der Waals surface area contributed by atoms with Crippen LogP contribution in [0.25, 0.3) is 5.69 Å². The fourth-order valence-corrected chi connectivity index (χ4v) is 2.70. The van der Waals surface area contributed by atoms with Crippen molar-refractivity contribution in [1.29, 1.82) is 0 Å². The third-order valence-electron chi connectivity index (χ3n) is 3.40. The third-order valence-corrected chi connectivity index (χ3v) is 4.23. The molecule has 26 heavy (non-hydrogen) atoms. The first kappa shape index (κ1) is 17.9. The van der Waals surface area contributed by atoms with E-state index in [1.165, 1.54) is 19.2 Å². The van der Waals surface area contributed by atoms with E-state index < -0.39 is 11.9 Å². The lowest BCUT2D eigenvalue weighted by molar-refractivity contribution is -0.141.